The summed E-state index contributed by atoms with van der Waals surface area (Å²) in [5, 5.41) is 0. The number of hydrogen-bond donors (Lipinski definition) is 0. The number of fused-ring (bicyclic) bond motifs is 1. The summed E-state index contributed by atoms with van der Waals surface area (Å²) in [5.74, 6) is 0.850. The Morgan fingerprint density at radius 2 is 2.15 bits per heavy atom. The third kappa shape index (κ3) is 2.22. The molecular weight excluding hydrogens is 258 g/mol. The van der Waals surface area contributed by atoms with Crippen LogP contribution in [0.4, 0.5) is 5.69 Å². The Labute approximate surface area is 118 Å². The summed E-state index contributed by atoms with van der Waals surface area (Å²) in [6, 6.07) is 3.82. The van der Waals surface area contributed by atoms with E-state index in [1.54, 1.807) is 12.0 Å². The highest BCUT2D eigenvalue weighted by Crippen LogP contribution is 2.42. The third-order valence-electron chi connectivity index (χ3n) is 3.64. The molecule has 0 aliphatic carbocycles. The van der Waals surface area contributed by atoms with Gasteiger partial charge in [-0.1, -0.05) is 0 Å². The number of amides is 1. The van der Waals surface area contributed by atoms with Crippen LogP contribution in [-0.4, -0.2) is 25.3 Å². The number of methoxy groups -OCH3 is 1. The fraction of sp³-hybridized carbons (Fsp3) is 0.533. The highest BCUT2D eigenvalue weighted by atomic mass is 16.7. The number of rotatable bonds is 2. The van der Waals surface area contributed by atoms with Crippen molar-refractivity contribution in [1.29, 1.82) is 0 Å². The minimum Gasteiger partial charge on any atom is -0.493 e. The lowest BCUT2D eigenvalue weighted by molar-refractivity contribution is -0.180. The molecule has 1 saturated heterocycles. The van der Waals surface area contributed by atoms with Crippen LogP contribution in [0.5, 0.6) is 11.5 Å². The van der Waals surface area contributed by atoms with Crippen molar-refractivity contribution in [3.05, 3.63) is 17.7 Å². The maximum atomic E-state index is 11.9. The zero-order valence-corrected chi connectivity index (χ0v) is 12.1. The van der Waals surface area contributed by atoms with E-state index in [9.17, 15) is 4.79 Å². The number of hydrogen-bond acceptors (Lipinski definition) is 4. The monoisotopic (exact) mass is 277 g/mol. The van der Waals surface area contributed by atoms with Crippen molar-refractivity contribution in [3.8, 4) is 11.5 Å². The molecule has 5 heteroatoms. The maximum absolute atomic E-state index is 11.9. The standard InChI is InChI=1S/C15H19NO4/c1-15(2)19-9-10-7-11(16-6-4-5-13(16)17)8-12(18-3)14(10)20-15/h7-8H,4-6,9H2,1-3H3. The molecule has 0 spiro atoms. The number of anilines is 1. The average Bonchev–Trinajstić information content (AvgIpc) is 2.83. The second-order valence-corrected chi connectivity index (χ2v) is 5.58. The minimum atomic E-state index is -0.661. The second-order valence-electron chi connectivity index (χ2n) is 5.58. The number of carbonyl (C=O) groups excluding carboxylic acids is 1. The summed E-state index contributed by atoms with van der Waals surface area (Å²) < 4.78 is 16.9. The molecule has 0 N–H and O–H groups in total. The molecule has 108 valence electrons. The average molecular weight is 277 g/mol. The first-order valence-corrected chi connectivity index (χ1v) is 6.84. The van der Waals surface area contributed by atoms with E-state index < -0.39 is 5.79 Å². The Balaban J connectivity index is 2.02. The molecule has 2 heterocycles. The Bertz CT molecular complexity index is 536. The molecule has 2 aliphatic heterocycles. The van der Waals surface area contributed by atoms with Gasteiger partial charge in [0.1, 0.15) is 0 Å². The third-order valence-corrected chi connectivity index (χ3v) is 3.64. The lowest BCUT2D eigenvalue weighted by Gasteiger charge is -2.34. The highest BCUT2D eigenvalue weighted by molar-refractivity contribution is 5.95. The fourth-order valence-corrected chi connectivity index (χ4v) is 2.62. The van der Waals surface area contributed by atoms with Crippen molar-refractivity contribution in [3.63, 3.8) is 0 Å². The van der Waals surface area contributed by atoms with Crippen LogP contribution in [0.15, 0.2) is 12.1 Å². The van der Waals surface area contributed by atoms with Gasteiger partial charge in [0.25, 0.3) is 0 Å². The molecule has 2 aliphatic rings. The van der Waals surface area contributed by atoms with E-state index in [-0.39, 0.29) is 5.91 Å². The van der Waals surface area contributed by atoms with Crippen LogP contribution in [0.1, 0.15) is 32.3 Å². The van der Waals surface area contributed by atoms with Gasteiger partial charge in [-0.2, -0.15) is 0 Å². The van der Waals surface area contributed by atoms with Crippen LogP contribution in [0, 0.1) is 0 Å². The van der Waals surface area contributed by atoms with Gasteiger partial charge < -0.3 is 19.1 Å². The first-order valence-electron chi connectivity index (χ1n) is 6.84. The number of nitrogens with zero attached hydrogens (tertiary/aromatic N) is 1. The van der Waals surface area contributed by atoms with Gasteiger partial charge in [0.15, 0.2) is 11.5 Å². The number of benzene rings is 1. The number of ether oxygens (including phenoxy) is 3. The molecule has 1 fully saturated rings. The summed E-state index contributed by atoms with van der Waals surface area (Å²) in [6.07, 6.45) is 1.51. The fourth-order valence-electron chi connectivity index (χ4n) is 2.62. The lowest BCUT2D eigenvalue weighted by atomic mass is 10.1. The summed E-state index contributed by atoms with van der Waals surface area (Å²) >= 11 is 0. The summed E-state index contributed by atoms with van der Waals surface area (Å²) in [4.78, 5) is 13.7. The van der Waals surface area contributed by atoms with Crippen LogP contribution < -0.4 is 14.4 Å². The quantitative estimate of drug-likeness (QED) is 0.833. The predicted molar refractivity (Wildman–Crippen MR) is 74.1 cm³/mol. The van der Waals surface area contributed by atoms with Crippen molar-refractivity contribution in [2.75, 3.05) is 18.6 Å². The SMILES string of the molecule is COc1cc(N2CCCC2=O)cc2c1OC(C)(C)OC2. The van der Waals surface area contributed by atoms with Crippen molar-refractivity contribution in [2.24, 2.45) is 0 Å². The molecule has 0 saturated carbocycles. The molecule has 5 nitrogen and oxygen atoms in total. The Morgan fingerprint density at radius 3 is 2.80 bits per heavy atom. The van der Waals surface area contributed by atoms with E-state index in [1.807, 2.05) is 26.0 Å². The van der Waals surface area contributed by atoms with E-state index in [0.29, 0.717) is 24.5 Å². The molecule has 20 heavy (non-hydrogen) atoms. The van der Waals surface area contributed by atoms with Gasteiger partial charge in [-0.15, -0.1) is 0 Å². The Morgan fingerprint density at radius 1 is 1.35 bits per heavy atom. The van der Waals surface area contributed by atoms with Crippen LogP contribution >= 0.6 is 0 Å². The largest absolute Gasteiger partial charge is 0.493 e. The first kappa shape index (κ1) is 13.2. The normalized spacial score (nSPS) is 20.6. The van der Waals surface area contributed by atoms with E-state index >= 15 is 0 Å². The molecule has 0 atom stereocenters. The zero-order chi connectivity index (χ0) is 14.3. The topological polar surface area (TPSA) is 48.0 Å². The molecule has 0 aromatic heterocycles. The van der Waals surface area contributed by atoms with Gasteiger partial charge in [0.05, 0.1) is 13.7 Å². The van der Waals surface area contributed by atoms with Crippen molar-refractivity contribution in [1.82, 2.24) is 0 Å². The van der Waals surface area contributed by atoms with Gasteiger partial charge in [-0.05, 0) is 12.5 Å². The molecule has 1 amide bonds. The van der Waals surface area contributed by atoms with Crippen LogP contribution in [0.3, 0.4) is 0 Å². The van der Waals surface area contributed by atoms with Crippen LogP contribution in [-0.2, 0) is 16.1 Å². The predicted octanol–water partition coefficient (Wildman–Crippen LogP) is 2.47. The molecule has 0 unspecified atom stereocenters. The highest BCUT2D eigenvalue weighted by Gasteiger charge is 2.31. The molecule has 3 rings (SSSR count). The number of carbonyl (C=O) groups is 1. The van der Waals surface area contributed by atoms with Gasteiger partial charge >= 0.3 is 0 Å². The van der Waals surface area contributed by atoms with E-state index in [1.165, 1.54) is 0 Å². The maximum Gasteiger partial charge on any atom is 0.227 e. The molecular formula is C15H19NO4. The summed E-state index contributed by atoms with van der Waals surface area (Å²) in [7, 11) is 1.61. The van der Waals surface area contributed by atoms with Gasteiger partial charge in [0.2, 0.25) is 11.7 Å². The van der Waals surface area contributed by atoms with Gasteiger partial charge in [0, 0.05) is 44.1 Å². The zero-order valence-electron chi connectivity index (χ0n) is 12.1. The van der Waals surface area contributed by atoms with Crippen molar-refractivity contribution >= 4 is 11.6 Å². The van der Waals surface area contributed by atoms with Crippen molar-refractivity contribution < 1.29 is 19.0 Å². The van der Waals surface area contributed by atoms with Crippen molar-refractivity contribution in [2.45, 2.75) is 39.1 Å². The van der Waals surface area contributed by atoms with E-state index in [0.717, 1.165) is 24.2 Å². The summed E-state index contributed by atoms with van der Waals surface area (Å²) in [5.41, 5.74) is 1.77. The van der Waals surface area contributed by atoms with Crippen LogP contribution in [0.2, 0.25) is 0 Å². The molecule has 1 aromatic carbocycles. The molecule has 0 radical (unpaired) electrons. The Kier molecular flexibility index (Phi) is 3.09. The summed E-state index contributed by atoms with van der Waals surface area (Å²) in [6.45, 7) is 4.95. The minimum absolute atomic E-state index is 0.157. The Hall–Kier alpha value is -1.75. The molecule has 1 aromatic rings. The van der Waals surface area contributed by atoms with E-state index in [4.69, 9.17) is 14.2 Å². The van der Waals surface area contributed by atoms with E-state index in [2.05, 4.69) is 0 Å². The second kappa shape index (κ2) is 4.66. The molecule has 0 bridgehead atoms. The van der Waals surface area contributed by atoms with Crippen LogP contribution in [0.25, 0.3) is 0 Å². The lowest BCUT2D eigenvalue weighted by Crippen LogP contribution is -2.35. The van der Waals surface area contributed by atoms with Gasteiger partial charge in [-0.3, -0.25) is 4.79 Å². The first-order chi connectivity index (χ1) is 9.50. The van der Waals surface area contributed by atoms with Gasteiger partial charge in [-0.25, -0.2) is 0 Å². The smallest absolute Gasteiger partial charge is 0.227 e.